The Morgan fingerprint density at radius 2 is 2.26 bits per heavy atom. The van der Waals surface area contributed by atoms with Crippen LogP contribution in [0.5, 0.6) is 0 Å². The largest absolute Gasteiger partial charge is 0.297 e. The number of thioether (sulfide) groups is 1. The molecule has 0 N–H and O–H groups in total. The van der Waals surface area contributed by atoms with Gasteiger partial charge >= 0.3 is 0 Å². The Bertz CT molecular complexity index is 587. The number of aromatic nitrogens is 1. The zero-order valence-corrected chi connectivity index (χ0v) is 12.5. The Hall–Kier alpha value is -0.770. The second-order valence-electron chi connectivity index (χ2n) is 5.05. The highest BCUT2D eigenvalue weighted by Gasteiger charge is 2.18. The second kappa shape index (κ2) is 5.70. The number of hydrogen-bond donors (Lipinski definition) is 0. The minimum Gasteiger partial charge on any atom is -0.297 e. The molecule has 0 aliphatic carbocycles. The van der Waals surface area contributed by atoms with E-state index in [-0.39, 0.29) is 0 Å². The lowest BCUT2D eigenvalue weighted by atomic mass is 10.1. The SMILES string of the molecule is CC1CN(Cc2cc3ccccc3nc2Cl)CCS1. The van der Waals surface area contributed by atoms with Crippen molar-refractivity contribution in [1.29, 1.82) is 0 Å². The molecule has 1 fully saturated rings. The van der Waals surface area contributed by atoms with E-state index in [2.05, 4.69) is 28.9 Å². The van der Waals surface area contributed by atoms with Crippen molar-refractivity contribution in [2.45, 2.75) is 18.7 Å². The van der Waals surface area contributed by atoms with Crippen LogP contribution in [0.2, 0.25) is 5.15 Å². The molecule has 1 aliphatic rings. The van der Waals surface area contributed by atoms with Crippen LogP contribution in [0.3, 0.4) is 0 Å². The van der Waals surface area contributed by atoms with Crippen LogP contribution in [0.15, 0.2) is 30.3 Å². The molecule has 0 amide bonds. The van der Waals surface area contributed by atoms with Gasteiger partial charge in [-0.3, -0.25) is 4.90 Å². The average Bonchev–Trinajstić information content (AvgIpc) is 2.40. The van der Waals surface area contributed by atoms with Crippen LogP contribution in [0.25, 0.3) is 10.9 Å². The molecule has 19 heavy (non-hydrogen) atoms. The van der Waals surface area contributed by atoms with Crippen LogP contribution < -0.4 is 0 Å². The molecule has 1 atom stereocenters. The molecule has 2 heterocycles. The third kappa shape index (κ3) is 3.04. The Labute approximate surface area is 123 Å². The van der Waals surface area contributed by atoms with Crippen LogP contribution in [0.1, 0.15) is 12.5 Å². The van der Waals surface area contributed by atoms with Gasteiger partial charge in [-0.2, -0.15) is 11.8 Å². The average molecular weight is 293 g/mol. The van der Waals surface area contributed by atoms with Crippen LogP contribution in [0, 0.1) is 0 Å². The van der Waals surface area contributed by atoms with Gasteiger partial charge in [-0.25, -0.2) is 4.98 Å². The summed E-state index contributed by atoms with van der Waals surface area (Å²) in [7, 11) is 0. The van der Waals surface area contributed by atoms with E-state index in [0.29, 0.717) is 10.4 Å². The van der Waals surface area contributed by atoms with Gasteiger partial charge in [-0.05, 0) is 12.1 Å². The number of pyridine rings is 1. The first-order valence-corrected chi connectivity index (χ1v) is 8.03. The molecule has 0 spiro atoms. The fourth-order valence-corrected chi connectivity index (χ4v) is 3.81. The minimum atomic E-state index is 0.643. The van der Waals surface area contributed by atoms with Gasteiger partial charge in [0.2, 0.25) is 0 Å². The van der Waals surface area contributed by atoms with Crippen molar-refractivity contribution in [3.8, 4) is 0 Å². The maximum absolute atomic E-state index is 6.32. The summed E-state index contributed by atoms with van der Waals surface area (Å²) in [4.78, 5) is 6.96. The fraction of sp³-hybridized carbons (Fsp3) is 0.400. The summed E-state index contributed by atoms with van der Waals surface area (Å²) in [5, 5.41) is 2.52. The molecule has 100 valence electrons. The molecule has 2 aromatic rings. The second-order valence-corrected chi connectivity index (χ2v) is 6.95. The summed E-state index contributed by atoms with van der Waals surface area (Å²) in [6.07, 6.45) is 0. The first-order valence-electron chi connectivity index (χ1n) is 6.60. The highest BCUT2D eigenvalue weighted by Crippen LogP contribution is 2.24. The lowest BCUT2D eigenvalue weighted by molar-refractivity contribution is 0.278. The molecule has 1 unspecified atom stereocenters. The first-order chi connectivity index (χ1) is 9.22. The van der Waals surface area contributed by atoms with E-state index in [0.717, 1.165) is 30.7 Å². The summed E-state index contributed by atoms with van der Waals surface area (Å²) in [6, 6.07) is 10.3. The van der Waals surface area contributed by atoms with Gasteiger partial charge in [-0.15, -0.1) is 0 Å². The molecule has 0 radical (unpaired) electrons. The van der Waals surface area contributed by atoms with Gasteiger partial charge < -0.3 is 0 Å². The topological polar surface area (TPSA) is 16.1 Å². The molecular formula is C15H17ClN2S. The van der Waals surface area contributed by atoms with Crippen LogP contribution in [-0.4, -0.2) is 34.0 Å². The monoisotopic (exact) mass is 292 g/mol. The van der Waals surface area contributed by atoms with Crippen LogP contribution >= 0.6 is 23.4 Å². The lowest BCUT2D eigenvalue weighted by Gasteiger charge is -2.30. The van der Waals surface area contributed by atoms with Gasteiger partial charge in [0.15, 0.2) is 0 Å². The molecule has 1 saturated heterocycles. The summed E-state index contributed by atoms with van der Waals surface area (Å²) in [5.74, 6) is 1.21. The number of nitrogens with zero attached hydrogens (tertiary/aromatic N) is 2. The molecular weight excluding hydrogens is 276 g/mol. The van der Waals surface area contributed by atoms with Crippen molar-refractivity contribution in [2.75, 3.05) is 18.8 Å². The maximum atomic E-state index is 6.32. The Kier molecular flexibility index (Phi) is 3.96. The number of benzene rings is 1. The highest BCUT2D eigenvalue weighted by molar-refractivity contribution is 7.99. The predicted molar refractivity (Wildman–Crippen MR) is 84.0 cm³/mol. The standard InChI is InChI=1S/C15H17ClN2S/c1-11-9-18(6-7-19-11)10-13-8-12-4-2-3-5-14(12)17-15(13)16/h2-5,8,11H,6-7,9-10H2,1H3. The van der Waals surface area contributed by atoms with E-state index in [9.17, 15) is 0 Å². The number of halogens is 1. The highest BCUT2D eigenvalue weighted by atomic mass is 35.5. The molecule has 1 aliphatic heterocycles. The number of rotatable bonds is 2. The van der Waals surface area contributed by atoms with Gasteiger partial charge in [0.05, 0.1) is 5.52 Å². The Morgan fingerprint density at radius 1 is 1.42 bits per heavy atom. The quantitative estimate of drug-likeness (QED) is 0.783. The number of para-hydroxylation sites is 1. The van der Waals surface area contributed by atoms with Gasteiger partial charge in [-0.1, -0.05) is 36.7 Å². The lowest BCUT2D eigenvalue weighted by Crippen LogP contribution is -2.36. The van der Waals surface area contributed by atoms with Crippen LogP contribution in [0.4, 0.5) is 0 Å². The van der Waals surface area contributed by atoms with Gasteiger partial charge in [0, 0.05) is 41.6 Å². The van der Waals surface area contributed by atoms with E-state index >= 15 is 0 Å². The van der Waals surface area contributed by atoms with Crippen molar-refractivity contribution in [3.05, 3.63) is 41.0 Å². The van der Waals surface area contributed by atoms with Crippen molar-refractivity contribution in [1.82, 2.24) is 9.88 Å². The van der Waals surface area contributed by atoms with Gasteiger partial charge in [0.1, 0.15) is 5.15 Å². The summed E-state index contributed by atoms with van der Waals surface area (Å²) in [5.41, 5.74) is 2.11. The van der Waals surface area contributed by atoms with E-state index in [1.165, 1.54) is 11.1 Å². The molecule has 0 saturated carbocycles. The normalized spacial score (nSPS) is 20.8. The molecule has 4 heteroatoms. The predicted octanol–water partition coefficient (Wildman–Crippen LogP) is 3.83. The summed E-state index contributed by atoms with van der Waals surface area (Å²) in [6.45, 7) is 5.46. The summed E-state index contributed by atoms with van der Waals surface area (Å²) >= 11 is 8.36. The molecule has 1 aromatic heterocycles. The van der Waals surface area contributed by atoms with Crippen LogP contribution in [-0.2, 0) is 6.54 Å². The van der Waals surface area contributed by atoms with E-state index in [1.54, 1.807) is 0 Å². The molecule has 1 aromatic carbocycles. The zero-order valence-electron chi connectivity index (χ0n) is 11.0. The summed E-state index contributed by atoms with van der Waals surface area (Å²) < 4.78 is 0. The van der Waals surface area contributed by atoms with Crippen molar-refractivity contribution >= 4 is 34.3 Å². The number of fused-ring (bicyclic) bond motifs is 1. The maximum Gasteiger partial charge on any atom is 0.134 e. The third-order valence-electron chi connectivity index (χ3n) is 3.47. The van der Waals surface area contributed by atoms with Crippen molar-refractivity contribution in [3.63, 3.8) is 0 Å². The fourth-order valence-electron chi connectivity index (χ4n) is 2.52. The van der Waals surface area contributed by atoms with Crippen molar-refractivity contribution < 1.29 is 0 Å². The first kappa shape index (κ1) is 13.2. The van der Waals surface area contributed by atoms with E-state index < -0.39 is 0 Å². The van der Waals surface area contributed by atoms with E-state index in [4.69, 9.17) is 11.6 Å². The smallest absolute Gasteiger partial charge is 0.134 e. The minimum absolute atomic E-state index is 0.643. The third-order valence-corrected chi connectivity index (χ3v) is 4.93. The van der Waals surface area contributed by atoms with E-state index in [1.807, 2.05) is 30.0 Å². The van der Waals surface area contributed by atoms with Crippen molar-refractivity contribution in [2.24, 2.45) is 0 Å². The van der Waals surface area contributed by atoms with Gasteiger partial charge in [0.25, 0.3) is 0 Å². The molecule has 0 bridgehead atoms. The Morgan fingerprint density at radius 3 is 3.11 bits per heavy atom. The Balaban J connectivity index is 1.85. The molecule has 3 rings (SSSR count). The molecule has 2 nitrogen and oxygen atoms in total. The zero-order chi connectivity index (χ0) is 13.2. The number of hydrogen-bond acceptors (Lipinski definition) is 3.